The predicted octanol–water partition coefficient (Wildman–Crippen LogP) is 3.88. The van der Waals surface area contributed by atoms with Crippen LogP contribution >= 0.6 is 0 Å². The lowest BCUT2D eigenvalue weighted by Gasteiger charge is -2.14. The maximum Gasteiger partial charge on any atom is 0.231 e. The highest BCUT2D eigenvalue weighted by Gasteiger charge is 2.14. The second-order valence-corrected chi connectivity index (χ2v) is 4.94. The molecule has 0 radical (unpaired) electrons. The molecule has 1 unspecified atom stereocenters. The summed E-state index contributed by atoms with van der Waals surface area (Å²) in [6.07, 6.45) is 1.05. The average Bonchev–Trinajstić information content (AvgIpc) is 2.98. The quantitative estimate of drug-likeness (QED) is 0.905. The molecule has 0 aromatic heterocycles. The van der Waals surface area contributed by atoms with E-state index in [1.54, 1.807) is 0 Å². The Bertz CT molecular complexity index is 606. The predicted molar refractivity (Wildman–Crippen MR) is 81.2 cm³/mol. The minimum atomic E-state index is 0.274. The Morgan fingerprint density at radius 1 is 1.05 bits per heavy atom. The normalized spacial score (nSPS) is 14.0. The van der Waals surface area contributed by atoms with Gasteiger partial charge in [0.1, 0.15) is 11.5 Å². The molecule has 2 aromatic rings. The Morgan fingerprint density at radius 3 is 2.48 bits per heavy atom. The maximum absolute atomic E-state index is 5.85. The highest BCUT2D eigenvalue weighted by Crippen LogP contribution is 2.36. The molecule has 0 aliphatic carbocycles. The van der Waals surface area contributed by atoms with Crippen molar-refractivity contribution in [1.82, 2.24) is 5.32 Å². The van der Waals surface area contributed by atoms with Crippen LogP contribution in [0.4, 0.5) is 0 Å². The summed E-state index contributed by atoms with van der Waals surface area (Å²) < 4.78 is 16.5. The number of benzene rings is 2. The second kappa shape index (κ2) is 6.06. The van der Waals surface area contributed by atoms with Crippen LogP contribution in [0.2, 0.25) is 0 Å². The van der Waals surface area contributed by atoms with Gasteiger partial charge in [-0.2, -0.15) is 0 Å². The minimum Gasteiger partial charge on any atom is -0.457 e. The van der Waals surface area contributed by atoms with Crippen LogP contribution in [0.1, 0.15) is 24.9 Å². The maximum atomic E-state index is 5.85. The minimum absolute atomic E-state index is 0.274. The van der Waals surface area contributed by atoms with Crippen molar-refractivity contribution >= 4 is 0 Å². The van der Waals surface area contributed by atoms with E-state index in [1.807, 2.05) is 37.4 Å². The van der Waals surface area contributed by atoms with Crippen molar-refractivity contribution in [2.45, 2.75) is 19.4 Å². The summed E-state index contributed by atoms with van der Waals surface area (Å²) in [4.78, 5) is 0. The summed E-state index contributed by atoms with van der Waals surface area (Å²) in [5.74, 6) is 3.04. The third-order valence-corrected chi connectivity index (χ3v) is 3.62. The molecular weight excluding hydrogens is 266 g/mol. The Hall–Kier alpha value is -2.20. The lowest BCUT2D eigenvalue weighted by Crippen LogP contribution is -2.14. The number of rotatable bonds is 5. The summed E-state index contributed by atoms with van der Waals surface area (Å²) >= 11 is 0. The van der Waals surface area contributed by atoms with E-state index in [-0.39, 0.29) is 6.79 Å². The first-order valence-corrected chi connectivity index (χ1v) is 7.15. The first-order valence-electron chi connectivity index (χ1n) is 7.15. The van der Waals surface area contributed by atoms with Crippen molar-refractivity contribution in [3.8, 4) is 23.0 Å². The molecule has 0 amide bonds. The molecule has 4 heteroatoms. The Labute approximate surface area is 124 Å². The summed E-state index contributed by atoms with van der Waals surface area (Å²) in [7, 11) is 1.98. The van der Waals surface area contributed by atoms with Gasteiger partial charge in [0.25, 0.3) is 0 Å². The van der Waals surface area contributed by atoms with Gasteiger partial charge in [-0.25, -0.2) is 0 Å². The van der Waals surface area contributed by atoms with E-state index in [9.17, 15) is 0 Å². The molecular formula is C17H19NO3. The lowest BCUT2D eigenvalue weighted by molar-refractivity contribution is 0.174. The molecule has 0 saturated heterocycles. The van der Waals surface area contributed by atoms with Crippen LogP contribution < -0.4 is 19.5 Å². The van der Waals surface area contributed by atoms with Gasteiger partial charge in [0.05, 0.1) is 0 Å². The fourth-order valence-electron chi connectivity index (χ4n) is 2.45. The summed E-state index contributed by atoms with van der Waals surface area (Å²) in [5, 5.41) is 3.29. The van der Waals surface area contributed by atoms with E-state index >= 15 is 0 Å². The number of hydrogen-bond donors (Lipinski definition) is 1. The van der Waals surface area contributed by atoms with Crippen LogP contribution in [-0.2, 0) is 0 Å². The molecule has 1 aliphatic rings. The average molecular weight is 285 g/mol. The van der Waals surface area contributed by atoms with Crippen LogP contribution in [-0.4, -0.2) is 13.8 Å². The molecule has 2 aromatic carbocycles. The van der Waals surface area contributed by atoms with Gasteiger partial charge in [-0.3, -0.25) is 0 Å². The zero-order chi connectivity index (χ0) is 14.7. The second-order valence-electron chi connectivity index (χ2n) is 4.94. The molecule has 0 bridgehead atoms. The summed E-state index contributed by atoms with van der Waals surface area (Å²) in [6.45, 7) is 2.44. The molecule has 0 saturated carbocycles. The van der Waals surface area contributed by atoms with Crippen molar-refractivity contribution in [1.29, 1.82) is 0 Å². The van der Waals surface area contributed by atoms with Gasteiger partial charge in [0, 0.05) is 12.1 Å². The van der Waals surface area contributed by atoms with Crippen LogP contribution in [0, 0.1) is 0 Å². The summed E-state index contributed by atoms with van der Waals surface area (Å²) in [5.41, 5.74) is 1.26. The molecule has 1 heterocycles. The van der Waals surface area contributed by atoms with Crippen molar-refractivity contribution in [3.05, 3.63) is 48.0 Å². The van der Waals surface area contributed by atoms with E-state index in [2.05, 4.69) is 24.4 Å². The smallest absolute Gasteiger partial charge is 0.231 e. The highest BCUT2D eigenvalue weighted by atomic mass is 16.7. The molecule has 1 atom stereocenters. The fraction of sp³-hybridized carbons (Fsp3) is 0.294. The van der Waals surface area contributed by atoms with E-state index in [1.165, 1.54) is 5.56 Å². The molecule has 1 aliphatic heterocycles. The molecule has 110 valence electrons. The molecule has 0 fully saturated rings. The van der Waals surface area contributed by atoms with Crippen LogP contribution in [0.3, 0.4) is 0 Å². The van der Waals surface area contributed by atoms with Crippen molar-refractivity contribution < 1.29 is 14.2 Å². The standard InChI is InChI=1S/C17H19NO3/c1-3-15(18-2)12-4-6-13(7-5-12)21-14-8-9-16-17(10-14)20-11-19-16/h4-10,15,18H,3,11H2,1-2H3. The van der Waals surface area contributed by atoms with Gasteiger partial charge in [0.15, 0.2) is 11.5 Å². The largest absolute Gasteiger partial charge is 0.457 e. The van der Waals surface area contributed by atoms with Gasteiger partial charge in [-0.05, 0) is 43.3 Å². The Kier molecular flexibility index (Phi) is 3.97. The third kappa shape index (κ3) is 2.95. The molecule has 21 heavy (non-hydrogen) atoms. The number of hydrogen-bond acceptors (Lipinski definition) is 4. The number of ether oxygens (including phenoxy) is 3. The van der Waals surface area contributed by atoms with Crippen molar-refractivity contribution in [2.24, 2.45) is 0 Å². The summed E-state index contributed by atoms with van der Waals surface area (Å²) in [6, 6.07) is 14.1. The van der Waals surface area contributed by atoms with E-state index in [0.717, 1.165) is 29.4 Å². The first-order chi connectivity index (χ1) is 10.3. The van der Waals surface area contributed by atoms with E-state index < -0.39 is 0 Å². The SMILES string of the molecule is CCC(NC)c1ccc(Oc2ccc3c(c2)OCO3)cc1. The van der Waals surface area contributed by atoms with E-state index in [4.69, 9.17) is 14.2 Å². The van der Waals surface area contributed by atoms with Gasteiger partial charge in [-0.1, -0.05) is 19.1 Å². The number of fused-ring (bicyclic) bond motifs is 1. The Morgan fingerprint density at radius 2 is 1.76 bits per heavy atom. The zero-order valence-electron chi connectivity index (χ0n) is 12.3. The van der Waals surface area contributed by atoms with Gasteiger partial charge >= 0.3 is 0 Å². The van der Waals surface area contributed by atoms with Gasteiger partial charge in [0.2, 0.25) is 6.79 Å². The molecule has 3 rings (SSSR count). The van der Waals surface area contributed by atoms with Crippen LogP contribution in [0.25, 0.3) is 0 Å². The Balaban J connectivity index is 1.73. The third-order valence-electron chi connectivity index (χ3n) is 3.62. The monoisotopic (exact) mass is 285 g/mol. The fourth-order valence-corrected chi connectivity index (χ4v) is 2.45. The first kappa shape index (κ1) is 13.8. The van der Waals surface area contributed by atoms with Crippen LogP contribution in [0.15, 0.2) is 42.5 Å². The molecule has 4 nitrogen and oxygen atoms in total. The lowest BCUT2D eigenvalue weighted by atomic mass is 10.0. The number of nitrogens with one attached hydrogen (secondary N) is 1. The van der Waals surface area contributed by atoms with Crippen molar-refractivity contribution in [2.75, 3.05) is 13.8 Å². The van der Waals surface area contributed by atoms with Crippen LogP contribution in [0.5, 0.6) is 23.0 Å². The molecule has 1 N–H and O–H groups in total. The van der Waals surface area contributed by atoms with Crippen molar-refractivity contribution in [3.63, 3.8) is 0 Å². The highest BCUT2D eigenvalue weighted by molar-refractivity contribution is 5.48. The zero-order valence-corrected chi connectivity index (χ0v) is 12.3. The van der Waals surface area contributed by atoms with Gasteiger partial charge in [-0.15, -0.1) is 0 Å². The molecule has 0 spiro atoms. The van der Waals surface area contributed by atoms with E-state index in [0.29, 0.717) is 6.04 Å². The van der Waals surface area contributed by atoms with Gasteiger partial charge < -0.3 is 19.5 Å². The topological polar surface area (TPSA) is 39.7 Å².